The first-order valence-electron chi connectivity index (χ1n) is 3.54. The standard InChI is InChI=1S/C8H16S/c1-6(2)5-7(3)8(4)9/h6-7H,5H2,1-4H3/t7-/m0/s1. The van der Waals surface area contributed by atoms with Gasteiger partial charge in [-0.2, -0.15) is 0 Å². The van der Waals surface area contributed by atoms with Crippen LogP contribution in [0.4, 0.5) is 0 Å². The van der Waals surface area contributed by atoms with Crippen LogP contribution in [0.2, 0.25) is 0 Å². The number of hydrogen-bond donors (Lipinski definition) is 0. The summed E-state index contributed by atoms with van der Waals surface area (Å²) in [6.45, 7) is 8.69. The molecule has 0 aromatic rings. The first kappa shape index (κ1) is 9.09. The third-order valence-electron chi connectivity index (χ3n) is 1.52. The fourth-order valence-electron chi connectivity index (χ4n) is 0.873. The molecule has 0 saturated carbocycles. The Labute approximate surface area is 63.7 Å². The van der Waals surface area contributed by atoms with Crippen molar-refractivity contribution in [3.63, 3.8) is 0 Å². The summed E-state index contributed by atoms with van der Waals surface area (Å²) in [6, 6.07) is 0. The molecule has 0 heterocycles. The zero-order valence-electron chi connectivity index (χ0n) is 6.77. The summed E-state index contributed by atoms with van der Waals surface area (Å²) in [5, 5.41) is 0. The molecule has 0 aliphatic heterocycles. The Morgan fingerprint density at radius 3 is 1.89 bits per heavy atom. The average Bonchev–Trinajstić information content (AvgIpc) is 1.63. The second kappa shape index (κ2) is 3.99. The maximum absolute atomic E-state index is 5.04. The summed E-state index contributed by atoms with van der Waals surface area (Å²) in [5.41, 5.74) is 0. The molecule has 0 radical (unpaired) electrons. The lowest BCUT2D eigenvalue weighted by atomic mass is 9.97. The third-order valence-corrected chi connectivity index (χ3v) is 1.92. The summed E-state index contributed by atoms with van der Waals surface area (Å²) in [5.74, 6) is 1.40. The molecule has 0 fully saturated rings. The van der Waals surface area contributed by atoms with Crippen molar-refractivity contribution in [3.05, 3.63) is 0 Å². The van der Waals surface area contributed by atoms with Crippen LogP contribution in [0.25, 0.3) is 0 Å². The second-order valence-electron chi connectivity index (χ2n) is 3.14. The van der Waals surface area contributed by atoms with Gasteiger partial charge in [0.1, 0.15) is 0 Å². The van der Waals surface area contributed by atoms with E-state index in [0.717, 1.165) is 10.8 Å². The van der Waals surface area contributed by atoms with Crippen LogP contribution in [0, 0.1) is 11.8 Å². The lowest BCUT2D eigenvalue weighted by molar-refractivity contribution is 0.524. The van der Waals surface area contributed by atoms with Gasteiger partial charge in [0.05, 0.1) is 0 Å². The lowest BCUT2D eigenvalue weighted by Crippen LogP contribution is -2.06. The third kappa shape index (κ3) is 4.58. The van der Waals surface area contributed by atoms with E-state index in [1.54, 1.807) is 0 Å². The van der Waals surface area contributed by atoms with Crippen LogP contribution in [0.3, 0.4) is 0 Å². The van der Waals surface area contributed by atoms with Crippen LogP contribution in [-0.2, 0) is 0 Å². The smallest absolute Gasteiger partial charge is 0.00742 e. The summed E-state index contributed by atoms with van der Waals surface area (Å²) >= 11 is 5.04. The molecule has 0 N–H and O–H groups in total. The largest absolute Gasteiger partial charge is 0.0897 e. The molecule has 0 unspecified atom stereocenters. The van der Waals surface area contributed by atoms with Crippen LogP contribution >= 0.6 is 12.2 Å². The Morgan fingerprint density at radius 2 is 1.78 bits per heavy atom. The van der Waals surface area contributed by atoms with Crippen molar-refractivity contribution < 1.29 is 0 Å². The molecule has 0 aliphatic carbocycles. The van der Waals surface area contributed by atoms with Gasteiger partial charge in [0.2, 0.25) is 0 Å². The van der Waals surface area contributed by atoms with E-state index in [2.05, 4.69) is 20.8 Å². The Hall–Kier alpha value is 0.0900. The van der Waals surface area contributed by atoms with Gasteiger partial charge in [-0.25, -0.2) is 0 Å². The molecule has 0 rings (SSSR count). The first-order chi connectivity index (χ1) is 4.04. The van der Waals surface area contributed by atoms with E-state index >= 15 is 0 Å². The highest BCUT2D eigenvalue weighted by Gasteiger charge is 2.05. The molecule has 0 aromatic carbocycles. The fraction of sp³-hybridized carbons (Fsp3) is 0.875. The second-order valence-corrected chi connectivity index (χ2v) is 3.79. The van der Waals surface area contributed by atoms with E-state index in [9.17, 15) is 0 Å². The van der Waals surface area contributed by atoms with Gasteiger partial charge >= 0.3 is 0 Å². The van der Waals surface area contributed by atoms with Gasteiger partial charge < -0.3 is 0 Å². The van der Waals surface area contributed by atoms with Crippen LogP contribution < -0.4 is 0 Å². The highest BCUT2D eigenvalue weighted by atomic mass is 32.1. The minimum absolute atomic E-state index is 0.625. The topological polar surface area (TPSA) is 0 Å². The number of rotatable bonds is 3. The molecule has 9 heavy (non-hydrogen) atoms. The highest BCUT2D eigenvalue weighted by Crippen LogP contribution is 2.11. The molecule has 1 heteroatoms. The zero-order chi connectivity index (χ0) is 7.44. The maximum Gasteiger partial charge on any atom is -0.00742 e. The van der Waals surface area contributed by atoms with Crippen molar-refractivity contribution in [1.82, 2.24) is 0 Å². The van der Waals surface area contributed by atoms with E-state index in [0.29, 0.717) is 5.92 Å². The predicted octanol–water partition coefficient (Wildman–Crippen LogP) is 3.06. The van der Waals surface area contributed by atoms with Gasteiger partial charge in [0, 0.05) is 0 Å². The molecule has 0 amide bonds. The maximum atomic E-state index is 5.04. The molecular formula is C8H16S. The Morgan fingerprint density at radius 1 is 1.33 bits per heavy atom. The van der Waals surface area contributed by atoms with E-state index in [-0.39, 0.29) is 0 Å². The summed E-state index contributed by atoms with van der Waals surface area (Å²) in [4.78, 5) is 1.14. The van der Waals surface area contributed by atoms with Crippen molar-refractivity contribution in [2.45, 2.75) is 34.1 Å². The predicted molar refractivity (Wildman–Crippen MR) is 46.9 cm³/mol. The van der Waals surface area contributed by atoms with Crippen molar-refractivity contribution in [1.29, 1.82) is 0 Å². The van der Waals surface area contributed by atoms with E-state index in [4.69, 9.17) is 12.2 Å². The van der Waals surface area contributed by atoms with Crippen molar-refractivity contribution in [2.24, 2.45) is 11.8 Å². The molecule has 0 nitrogen and oxygen atoms in total. The molecule has 54 valence electrons. The SMILES string of the molecule is CC(=S)[C@@H](C)CC(C)C. The molecule has 1 atom stereocenters. The van der Waals surface area contributed by atoms with Crippen LogP contribution in [-0.4, -0.2) is 4.86 Å². The van der Waals surface area contributed by atoms with Crippen molar-refractivity contribution >= 4 is 17.1 Å². The Balaban J connectivity index is 3.50. The molecule has 0 spiro atoms. The minimum atomic E-state index is 0.625. The Bertz CT molecular complexity index is 94.7. The average molecular weight is 144 g/mol. The van der Waals surface area contributed by atoms with Gasteiger partial charge in [-0.1, -0.05) is 33.0 Å². The van der Waals surface area contributed by atoms with E-state index in [1.165, 1.54) is 6.42 Å². The Kier molecular flexibility index (Phi) is 4.03. The molecule has 0 aromatic heterocycles. The molecule has 0 saturated heterocycles. The molecular weight excluding hydrogens is 128 g/mol. The van der Waals surface area contributed by atoms with Crippen LogP contribution in [0.15, 0.2) is 0 Å². The quantitative estimate of drug-likeness (QED) is 0.549. The molecule has 0 bridgehead atoms. The summed E-state index contributed by atoms with van der Waals surface area (Å²) < 4.78 is 0. The van der Waals surface area contributed by atoms with Gasteiger partial charge in [-0.3, -0.25) is 0 Å². The van der Waals surface area contributed by atoms with Crippen LogP contribution in [0.1, 0.15) is 34.1 Å². The summed E-state index contributed by atoms with van der Waals surface area (Å²) in [6.07, 6.45) is 1.23. The van der Waals surface area contributed by atoms with E-state index in [1.807, 2.05) is 6.92 Å². The normalized spacial score (nSPS) is 13.9. The minimum Gasteiger partial charge on any atom is -0.0897 e. The van der Waals surface area contributed by atoms with Gasteiger partial charge in [0.25, 0.3) is 0 Å². The van der Waals surface area contributed by atoms with Crippen molar-refractivity contribution in [3.8, 4) is 0 Å². The molecule has 0 aliphatic rings. The van der Waals surface area contributed by atoms with Gasteiger partial charge in [0.15, 0.2) is 0 Å². The monoisotopic (exact) mass is 144 g/mol. The zero-order valence-corrected chi connectivity index (χ0v) is 7.59. The fourth-order valence-corrected chi connectivity index (χ4v) is 0.969. The number of hydrogen-bond acceptors (Lipinski definition) is 1. The highest BCUT2D eigenvalue weighted by molar-refractivity contribution is 7.80. The van der Waals surface area contributed by atoms with Crippen LogP contribution in [0.5, 0.6) is 0 Å². The summed E-state index contributed by atoms with van der Waals surface area (Å²) in [7, 11) is 0. The van der Waals surface area contributed by atoms with Gasteiger partial charge in [-0.15, -0.1) is 0 Å². The lowest BCUT2D eigenvalue weighted by Gasteiger charge is -2.11. The van der Waals surface area contributed by atoms with Gasteiger partial charge in [-0.05, 0) is 30.0 Å². The number of thiocarbonyl (C=S) groups is 1. The first-order valence-corrected chi connectivity index (χ1v) is 3.95. The van der Waals surface area contributed by atoms with Crippen molar-refractivity contribution in [2.75, 3.05) is 0 Å². The van der Waals surface area contributed by atoms with E-state index < -0.39 is 0 Å².